The fraction of sp³-hybridized carbons (Fsp3) is 0.513. The number of carbonyl (C=O) groups is 2. The number of aryl methyl sites for hydroxylation is 1. The number of halogens is 3. The van der Waals surface area contributed by atoms with Gasteiger partial charge in [-0.15, -0.1) is 0 Å². The highest BCUT2D eigenvalue weighted by Gasteiger charge is 2.34. The maximum absolute atomic E-state index is 13.7. The van der Waals surface area contributed by atoms with Gasteiger partial charge >= 0.3 is 12.2 Å². The minimum absolute atomic E-state index is 0.0869. The Kier molecular flexibility index (Phi) is 10.9. The Labute approximate surface area is 329 Å². The zero-order chi connectivity index (χ0) is 39.9. The molecular weight excluding hydrogens is 762 g/mol. The number of benzene rings is 2. The van der Waals surface area contributed by atoms with Gasteiger partial charge in [0.25, 0.3) is 0 Å². The molecule has 2 N–H and O–H groups in total. The lowest BCUT2D eigenvalue weighted by molar-refractivity contribution is -0.138. The van der Waals surface area contributed by atoms with E-state index in [4.69, 9.17) is 0 Å². The minimum Gasteiger partial charge on any atom is -0.371 e. The van der Waals surface area contributed by atoms with Crippen LogP contribution in [0, 0.1) is 5.92 Å². The molecule has 2 aromatic carbocycles. The lowest BCUT2D eigenvalue weighted by atomic mass is 9.87. The summed E-state index contributed by atoms with van der Waals surface area (Å²) in [5.74, 6) is 1.37. The van der Waals surface area contributed by atoms with Crippen LogP contribution in [-0.2, 0) is 28.0 Å². The lowest BCUT2D eigenvalue weighted by Crippen LogP contribution is -2.49. The van der Waals surface area contributed by atoms with Crippen molar-refractivity contribution in [3.05, 3.63) is 66.0 Å². The monoisotopic (exact) mass is 808 g/mol. The Morgan fingerprint density at radius 1 is 0.877 bits per heavy atom. The molecule has 0 aliphatic carbocycles. The van der Waals surface area contributed by atoms with Crippen LogP contribution in [0.5, 0.6) is 0 Å². The highest BCUT2D eigenvalue weighted by Crippen LogP contribution is 2.35. The van der Waals surface area contributed by atoms with Crippen molar-refractivity contribution < 1.29 is 31.2 Å². The summed E-state index contributed by atoms with van der Waals surface area (Å²) in [5, 5.41) is 11.0. The molecule has 4 aliphatic rings. The second-order valence-electron chi connectivity index (χ2n) is 15.6. The molecule has 4 aliphatic heterocycles. The van der Waals surface area contributed by atoms with Crippen LogP contribution in [0.25, 0.3) is 10.9 Å². The molecule has 18 heteroatoms. The molecule has 4 aromatic rings. The van der Waals surface area contributed by atoms with Crippen molar-refractivity contribution in [3.63, 3.8) is 0 Å². The van der Waals surface area contributed by atoms with E-state index in [-0.39, 0.29) is 42.3 Å². The topological polar surface area (TPSA) is 149 Å². The van der Waals surface area contributed by atoms with Crippen LogP contribution in [-0.4, -0.2) is 108 Å². The van der Waals surface area contributed by atoms with Crippen molar-refractivity contribution in [2.75, 3.05) is 67.5 Å². The first-order valence-electron chi connectivity index (χ1n) is 19.6. The number of aromatic nitrogens is 4. The molecule has 0 unspecified atom stereocenters. The highest BCUT2D eigenvalue weighted by atomic mass is 32.2. The van der Waals surface area contributed by atoms with Crippen LogP contribution in [0.1, 0.15) is 62.0 Å². The van der Waals surface area contributed by atoms with E-state index in [1.165, 1.54) is 9.87 Å². The summed E-state index contributed by atoms with van der Waals surface area (Å²) in [6, 6.07) is 13.0. The predicted molar refractivity (Wildman–Crippen MR) is 208 cm³/mol. The molecule has 57 heavy (non-hydrogen) atoms. The fourth-order valence-electron chi connectivity index (χ4n) is 8.63. The van der Waals surface area contributed by atoms with Crippen LogP contribution in [0.15, 0.2) is 59.8 Å². The number of hydrogen-bond donors (Lipinski definition) is 2. The Hall–Kier alpha value is -4.81. The van der Waals surface area contributed by atoms with E-state index in [9.17, 15) is 31.2 Å². The minimum atomic E-state index is -4.51. The number of imide groups is 1. The maximum atomic E-state index is 13.7. The molecule has 4 saturated heterocycles. The standard InChI is InChI=1S/C39H47F3N10O4S/c1-48-34-6-5-28(21-33(34)36(47-48)52-20-13-35(53)46-38(52)54)27-9-14-49(15-10-27)25-26-7-16-50(17-8-26)31-3-2-4-32(22-31)57(55,56)51-18-11-30(12-19-51)45-37-43-23-29(24-44-37)39(40,41)42/h2-6,21-24,26-27,30H,7-20,25H2,1H3,(H,43,44,45)(H,46,53,54). The number of carbonyl (C=O) groups excluding carboxylic acids is 2. The number of rotatable bonds is 9. The van der Waals surface area contributed by atoms with E-state index in [0.29, 0.717) is 37.0 Å². The summed E-state index contributed by atoms with van der Waals surface area (Å²) in [6.45, 7) is 5.62. The third-order valence-electron chi connectivity index (χ3n) is 11.9. The molecule has 0 spiro atoms. The van der Waals surface area contributed by atoms with Crippen molar-refractivity contribution in [2.24, 2.45) is 13.0 Å². The summed E-state index contributed by atoms with van der Waals surface area (Å²) >= 11 is 0. The molecule has 0 atom stereocenters. The number of nitrogens with one attached hydrogen (secondary N) is 2. The number of sulfonamides is 1. The normalized spacial score (nSPS) is 20.4. The van der Waals surface area contributed by atoms with Gasteiger partial charge in [0.1, 0.15) is 0 Å². The Bertz CT molecular complexity index is 2210. The Balaban J connectivity index is 0.807. The van der Waals surface area contributed by atoms with Gasteiger partial charge in [-0.3, -0.25) is 19.7 Å². The molecule has 8 rings (SSSR count). The quantitative estimate of drug-likeness (QED) is 0.232. The van der Waals surface area contributed by atoms with Crippen LogP contribution in [0.2, 0.25) is 0 Å². The fourth-order valence-corrected chi connectivity index (χ4v) is 10.1. The number of anilines is 3. The van der Waals surface area contributed by atoms with Crippen molar-refractivity contribution in [2.45, 2.75) is 68.0 Å². The number of fused-ring (bicyclic) bond motifs is 1. The molecule has 4 fully saturated rings. The van der Waals surface area contributed by atoms with Crippen LogP contribution >= 0.6 is 0 Å². The number of hydrogen-bond acceptors (Lipinski definition) is 10. The molecule has 0 saturated carbocycles. The molecule has 304 valence electrons. The van der Waals surface area contributed by atoms with Gasteiger partial charge in [-0.05, 0) is 99.3 Å². The molecule has 3 amide bonds. The van der Waals surface area contributed by atoms with E-state index >= 15 is 0 Å². The van der Waals surface area contributed by atoms with Crippen molar-refractivity contribution in [1.82, 2.24) is 34.3 Å². The van der Waals surface area contributed by atoms with Gasteiger partial charge in [0, 0.05) is 82.2 Å². The predicted octanol–water partition coefficient (Wildman–Crippen LogP) is 5.19. The third kappa shape index (κ3) is 8.43. The van der Waals surface area contributed by atoms with Gasteiger partial charge in [0.05, 0.1) is 16.0 Å². The number of likely N-dealkylation sites (tertiary alicyclic amines) is 1. The van der Waals surface area contributed by atoms with Crippen molar-refractivity contribution in [3.8, 4) is 0 Å². The molecule has 0 radical (unpaired) electrons. The summed E-state index contributed by atoms with van der Waals surface area (Å²) in [6.07, 6.45) is 2.30. The largest absolute Gasteiger partial charge is 0.419 e. The smallest absolute Gasteiger partial charge is 0.371 e. The van der Waals surface area contributed by atoms with Gasteiger partial charge in [-0.1, -0.05) is 12.1 Å². The maximum Gasteiger partial charge on any atom is 0.419 e. The van der Waals surface area contributed by atoms with Gasteiger partial charge < -0.3 is 15.1 Å². The van der Waals surface area contributed by atoms with Gasteiger partial charge in [-0.2, -0.15) is 22.6 Å². The van der Waals surface area contributed by atoms with E-state index in [1.54, 1.807) is 27.8 Å². The Morgan fingerprint density at radius 3 is 2.28 bits per heavy atom. The third-order valence-corrected chi connectivity index (χ3v) is 13.8. The van der Waals surface area contributed by atoms with Gasteiger partial charge in [-0.25, -0.2) is 23.2 Å². The van der Waals surface area contributed by atoms with Crippen LogP contribution in [0.4, 0.5) is 35.4 Å². The first kappa shape index (κ1) is 39.0. The lowest BCUT2D eigenvalue weighted by Gasteiger charge is -2.38. The molecule has 2 aromatic heterocycles. The molecule has 14 nitrogen and oxygen atoms in total. The number of urea groups is 1. The van der Waals surface area contributed by atoms with Crippen LogP contribution in [0.3, 0.4) is 0 Å². The first-order valence-corrected chi connectivity index (χ1v) is 21.1. The second-order valence-corrected chi connectivity index (χ2v) is 17.5. The van der Waals surface area contributed by atoms with E-state index < -0.39 is 27.8 Å². The van der Waals surface area contributed by atoms with Crippen LogP contribution < -0.4 is 20.4 Å². The summed E-state index contributed by atoms with van der Waals surface area (Å²) in [5.41, 5.74) is 2.17. The number of nitrogens with zero attached hydrogens (tertiary/aromatic N) is 8. The number of amides is 3. The SMILES string of the molecule is Cn1nc(N2CCC(=O)NC2=O)c2cc(C3CCN(CC4CCN(c5cccc(S(=O)(=O)N6CCC(Nc7ncc(C(F)(F)F)cn7)CC6)c5)CC4)CC3)ccc21. The molecule has 0 bridgehead atoms. The van der Waals surface area contributed by atoms with Gasteiger partial charge in [0.15, 0.2) is 5.82 Å². The second kappa shape index (κ2) is 15.9. The van der Waals surface area contributed by atoms with Gasteiger partial charge in [0.2, 0.25) is 21.9 Å². The van der Waals surface area contributed by atoms with E-state index in [0.717, 1.165) is 87.4 Å². The highest BCUT2D eigenvalue weighted by molar-refractivity contribution is 7.89. The van der Waals surface area contributed by atoms with Crippen molar-refractivity contribution >= 4 is 50.3 Å². The summed E-state index contributed by atoms with van der Waals surface area (Å²) in [7, 11) is -1.87. The molecular formula is C39H47F3N10O4S. The van der Waals surface area contributed by atoms with Crippen molar-refractivity contribution in [1.29, 1.82) is 0 Å². The summed E-state index contributed by atoms with van der Waals surface area (Å²) in [4.78, 5) is 38.5. The van der Waals surface area contributed by atoms with E-state index in [1.807, 2.05) is 13.1 Å². The average Bonchev–Trinajstić information content (AvgIpc) is 3.53. The average molecular weight is 809 g/mol. The molecule has 6 heterocycles. The zero-order valence-corrected chi connectivity index (χ0v) is 32.6. The zero-order valence-electron chi connectivity index (χ0n) is 31.8. The van der Waals surface area contributed by atoms with E-state index in [2.05, 4.69) is 53.7 Å². The first-order chi connectivity index (χ1) is 27.3. The number of piperidine rings is 3. The summed E-state index contributed by atoms with van der Waals surface area (Å²) < 4.78 is 69.2. The number of alkyl halides is 3. The Morgan fingerprint density at radius 2 is 1.60 bits per heavy atom.